The van der Waals surface area contributed by atoms with Crippen LogP contribution in [0.15, 0.2) is 53.5 Å². The van der Waals surface area contributed by atoms with E-state index in [1.165, 1.54) is 24.7 Å². The highest BCUT2D eigenvalue weighted by molar-refractivity contribution is 5.77. The number of rotatable bonds is 7. The standard InChI is InChI=1S/C18H16F3N5O2/c19-18(20,21)13-1-2-15(25-8-13)12-3-4-23-14(7-12)9-26-16(27)10-22-11-17-24-5-6-28-17/h1-8,22H,9-11H2,(H,26,27). The van der Waals surface area contributed by atoms with Gasteiger partial charge < -0.3 is 9.73 Å². The molecule has 28 heavy (non-hydrogen) atoms. The van der Waals surface area contributed by atoms with E-state index >= 15 is 0 Å². The van der Waals surface area contributed by atoms with Crippen molar-refractivity contribution in [2.24, 2.45) is 0 Å². The molecular weight excluding hydrogens is 375 g/mol. The molecule has 3 aromatic heterocycles. The van der Waals surface area contributed by atoms with Crippen molar-refractivity contribution < 1.29 is 22.4 Å². The molecular formula is C18H16F3N5O2. The summed E-state index contributed by atoms with van der Waals surface area (Å²) >= 11 is 0. The van der Waals surface area contributed by atoms with Gasteiger partial charge in [0.25, 0.3) is 0 Å². The lowest BCUT2D eigenvalue weighted by Crippen LogP contribution is -2.33. The monoisotopic (exact) mass is 391 g/mol. The van der Waals surface area contributed by atoms with Gasteiger partial charge in [0.05, 0.1) is 42.8 Å². The van der Waals surface area contributed by atoms with E-state index in [1.807, 2.05) is 0 Å². The minimum Gasteiger partial charge on any atom is -0.448 e. The number of nitrogens with zero attached hydrogens (tertiary/aromatic N) is 3. The first-order valence-corrected chi connectivity index (χ1v) is 8.26. The van der Waals surface area contributed by atoms with Gasteiger partial charge in [-0.2, -0.15) is 13.2 Å². The summed E-state index contributed by atoms with van der Waals surface area (Å²) in [5.41, 5.74) is 0.737. The Balaban J connectivity index is 1.53. The Hall–Kier alpha value is -3.27. The van der Waals surface area contributed by atoms with Gasteiger partial charge in [0, 0.05) is 18.0 Å². The lowest BCUT2D eigenvalue weighted by atomic mass is 10.1. The van der Waals surface area contributed by atoms with Crippen LogP contribution in [-0.2, 0) is 24.1 Å². The third-order valence-electron chi connectivity index (χ3n) is 3.72. The van der Waals surface area contributed by atoms with E-state index < -0.39 is 11.7 Å². The van der Waals surface area contributed by atoms with E-state index in [-0.39, 0.29) is 19.0 Å². The zero-order chi connectivity index (χ0) is 20.0. The number of amides is 1. The first kappa shape index (κ1) is 19.5. The number of hydrogen-bond acceptors (Lipinski definition) is 6. The van der Waals surface area contributed by atoms with Gasteiger partial charge in [-0.1, -0.05) is 0 Å². The Morgan fingerprint density at radius 3 is 2.61 bits per heavy atom. The average Bonchev–Trinajstić information content (AvgIpc) is 3.19. The molecule has 0 saturated carbocycles. The van der Waals surface area contributed by atoms with Crippen LogP contribution < -0.4 is 10.6 Å². The van der Waals surface area contributed by atoms with Crippen LogP contribution >= 0.6 is 0 Å². The summed E-state index contributed by atoms with van der Waals surface area (Å²) in [5, 5.41) is 5.59. The fourth-order valence-electron chi connectivity index (χ4n) is 2.34. The number of carbonyl (C=O) groups excluding carboxylic acids is 1. The quantitative estimate of drug-likeness (QED) is 0.643. The molecule has 0 fully saturated rings. The van der Waals surface area contributed by atoms with Crippen molar-refractivity contribution in [1.82, 2.24) is 25.6 Å². The molecule has 3 heterocycles. The molecule has 0 unspecified atom stereocenters. The molecule has 0 radical (unpaired) electrons. The van der Waals surface area contributed by atoms with Crippen LogP contribution in [0.5, 0.6) is 0 Å². The molecule has 1 amide bonds. The van der Waals surface area contributed by atoms with Crippen molar-refractivity contribution in [3.05, 3.63) is 66.3 Å². The van der Waals surface area contributed by atoms with Crippen LogP contribution in [0.2, 0.25) is 0 Å². The summed E-state index contributed by atoms with van der Waals surface area (Å²) in [4.78, 5) is 23.8. The van der Waals surface area contributed by atoms with Crippen molar-refractivity contribution in [3.8, 4) is 11.3 Å². The Kier molecular flexibility index (Phi) is 5.99. The molecule has 0 aliphatic rings. The third-order valence-corrected chi connectivity index (χ3v) is 3.72. The molecule has 7 nitrogen and oxygen atoms in total. The maximum Gasteiger partial charge on any atom is 0.417 e. The zero-order valence-electron chi connectivity index (χ0n) is 14.5. The van der Waals surface area contributed by atoms with E-state index in [9.17, 15) is 18.0 Å². The average molecular weight is 391 g/mol. The van der Waals surface area contributed by atoms with Gasteiger partial charge >= 0.3 is 6.18 Å². The third kappa shape index (κ3) is 5.36. The number of aromatic nitrogens is 3. The van der Waals surface area contributed by atoms with Gasteiger partial charge in [-0.3, -0.25) is 20.1 Å². The van der Waals surface area contributed by atoms with Crippen LogP contribution in [0.4, 0.5) is 13.2 Å². The maximum absolute atomic E-state index is 12.6. The minimum atomic E-state index is -4.43. The van der Waals surface area contributed by atoms with Crippen LogP contribution in [0.3, 0.4) is 0 Å². The molecule has 0 aliphatic heterocycles. The largest absolute Gasteiger partial charge is 0.448 e. The fraction of sp³-hybridized carbons (Fsp3) is 0.222. The number of halogens is 3. The molecule has 0 aromatic carbocycles. The summed E-state index contributed by atoms with van der Waals surface area (Å²) in [7, 11) is 0. The molecule has 0 aliphatic carbocycles. The lowest BCUT2D eigenvalue weighted by molar-refractivity contribution is -0.137. The van der Waals surface area contributed by atoms with Gasteiger partial charge in [-0.25, -0.2) is 4.98 Å². The molecule has 0 bridgehead atoms. The van der Waals surface area contributed by atoms with Crippen LogP contribution in [-0.4, -0.2) is 27.4 Å². The SMILES string of the molecule is O=C(CNCc1ncco1)NCc1cc(-c2ccc(C(F)(F)F)cn2)ccn1. The number of pyridine rings is 2. The molecule has 0 saturated heterocycles. The van der Waals surface area contributed by atoms with Gasteiger partial charge in [-0.05, 0) is 24.3 Å². The van der Waals surface area contributed by atoms with E-state index in [2.05, 4.69) is 25.6 Å². The predicted octanol–water partition coefficient (Wildman–Crippen LogP) is 2.56. The van der Waals surface area contributed by atoms with Gasteiger partial charge in [0.15, 0.2) is 0 Å². The smallest absolute Gasteiger partial charge is 0.417 e. The van der Waals surface area contributed by atoms with E-state index in [0.29, 0.717) is 29.4 Å². The van der Waals surface area contributed by atoms with Crippen molar-refractivity contribution in [3.63, 3.8) is 0 Å². The topological polar surface area (TPSA) is 92.9 Å². The number of hydrogen-bond donors (Lipinski definition) is 2. The van der Waals surface area contributed by atoms with E-state index in [1.54, 1.807) is 12.1 Å². The highest BCUT2D eigenvalue weighted by atomic mass is 19.4. The van der Waals surface area contributed by atoms with Gasteiger partial charge in [0.1, 0.15) is 6.26 Å². The Bertz CT molecular complexity index is 912. The Morgan fingerprint density at radius 1 is 1.07 bits per heavy atom. The van der Waals surface area contributed by atoms with Gasteiger partial charge in [0.2, 0.25) is 11.8 Å². The highest BCUT2D eigenvalue weighted by Gasteiger charge is 2.30. The van der Waals surface area contributed by atoms with Crippen LogP contribution in [0.1, 0.15) is 17.1 Å². The Morgan fingerprint density at radius 2 is 1.93 bits per heavy atom. The van der Waals surface area contributed by atoms with Crippen molar-refractivity contribution in [1.29, 1.82) is 0 Å². The first-order valence-electron chi connectivity index (χ1n) is 8.26. The molecule has 0 spiro atoms. The second-order valence-electron chi connectivity index (χ2n) is 5.77. The molecule has 146 valence electrons. The number of alkyl halides is 3. The molecule has 10 heteroatoms. The first-order chi connectivity index (χ1) is 13.4. The van der Waals surface area contributed by atoms with Crippen molar-refractivity contribution >= 4 is 5.91 Å². The normalized spacial score (nSPS) is 11.4. The summed E-state index contributed by atoms with van der Waals surface area (Å²) in [6.45, 7) is 0.574. The van der Waals surface area contributed by atoms with E-state index in [4.69, 9.17) is 4.42 Å². The summed E-state index contributed by atoms with van der Waals surface area (Å²) in [5.74, 6) is 0.234. The summed E-state index contributed by atoms with van der Waals surface area (Å²) in [6.07, 6.45) is 0.830. The maximum atomic E-state index is 12.6. The Labute approximate surface area is 158 Å². The molecule has 0 atom stereocenters. The molecule has 3 aromatic rings. The summed E-state index contributed by atoms with van der Waals surface area (Å²) in [6, 6.07) is 5.58. The lowest BCUT2D eigenvalue weighted by Gasteiger charge is -2.09. The second kappa shape index (κ2) is 8.61. The molecule has 3 rings (SSSR count). The highest BCUT2D eigenvalue weighted by Crippen LogP contribution is 2.29. The predicted molar refractivity (Wildman–Crippen MR) is 92.5 cm³/mol. The minimum absolute atomic E-state index is 0.0720. The number of oxazole rings is 1. The van der Waals surface area contributed by atoms with Crippen molar-refractivity contribution in [2.45, 2.75) is 19.3 Å². The summed E-state index contributed by atoms with van der Waals surface area (Å²) < 4.78 is 42.9. The number of carbonyl (C=O) groups is 1. The van der Waals surface area contributed by atoms with Gasteiger partial charge in [-0.15, -0.1) is 0 Å². The van der Waals surface area contributed by atoms with Crippen LogP contribution in [0, 0.1) is 0 Å². The van der Waals surface area contributed by atoms with Crippen molar-refractivity contribution in [2.75, 3.05) is 6.54 Å². The van der Waals surface area contributed by atoms with E-state index in [0.717, 1.165) is 12.3 Å². The molecule has 2 N–H and O–H groups in total. The number of nitrogens with one attached hydrogen (secondary N) is 2. The second-order valence-corrected chi connectivity index (χ2v) is 5.77. The fourth-order valence-corrected chi connectivity index (χ4v) is 2.34. The van der Waals surface area contributed by atoms with Crippen LogP contribution in [0.25, 0.3) is 11.3 Å². The zero-order valence-corrected chi connectivity index (χ0v) is 14.5.